The van der Waals surface area contributed by atoms with E-state index in [1.54, 1.807) is 0 Å². The van der Waals surface area contributed by atoms with Crippen LogP contribution in [0.3, 0.4) is 0 Å². The monoisotopic (exact) mass is 662 g/mol. The topological polar surface area (TPSA) is 18.5 Å². The highest BCUT2D eigenvalue weighted by atomic mass is 19.4. The molecule has 0 radical (unpaired) electrons. The highest BCUT2D eigenvalue weighted by molar-refractivity contribution is 5.66. The molecule has 0 bridgehead atoms. The summed E-state index contributed by atoms with van der Waals surface area (Å²) in [6.45, 7) is 1.83. The lowest BCUT2D eigenvalue weighted by molar-refractivity contribution is -0.276. The summed E-state index contributed by atoms with van der Waals surface area (Å²) >= 11 is 0. The van der Waals surface area contributed by atoms with Crippen molar-refractivity contribution >= 4 is 0 Å². The van der Waals surface area contributed by atoms with Crippen LogP contribution in [0, 0.1) is 52.6 Å². The predicted octanol–water partition coefficient (Wildman–Crippen LogP) is 10.1. The van der Waals surface area contributed by atoms with E-state index in [2.05, 4.69) is 9.47 Å². The third-order valence-electron chi connectivity index (χ3n) is 6.30. The molecule has 0 aliphatic heterocycles. The van der Waals surface area contributed by atoms with Crippen LogP contribution in [0.2, 0.25) is 0 Å². The maximum atomic E-state index is 14.9. The molecule has 0 unspecified atom stereocenters. The summed E-state index contributed by atoms with van der Waals surface area (Å²) in [5, 5.41) is 0. The first-order valence-electron chi connectivity index (χ1n) is 13.1. The van der Waals surface area contributed by atoms with Crippen LogP contribution in [0.1, 0.15) is 42.0 Å². The van der Waals surface area contributed by atoms with Gasteiger partial charge in [0.05, 0.1) is 5.56 Å². The summed E-state index contributed by atoms with van der Waals surface area (Å²) in [7, 11) is 0. The molecule has 0 saturated heterocycles. The van der Waals surface area contributed by atoms with Crippen LogP contribution in [0.4, 0.5) is 52.7 Å². The summed E-state index contributed by atoms with van der Waals surface area (Å²) in [6, 6.07) is 5.28. The first-order valence-corrected chi connectivity index (χ1v) is 13.1. The average molecular weight is 662 g/mol. The van der Waals surface area contributed by atoms with Crippen LogP contribution in [-0.4, -0.2) is 6.36 Å². The number of aryl methyl sites for hydroxylation is 1. The Morgan fingerprint density at radius 3 is 1.74 bits per heavy atom. The van der Waals surface area contributed by atoms with Crippen molar-refractivity contribution < 1.29 is 62.2 Å². The zero-order chi connectivity index (χ0) is 34.0. The van der Waals surface area contributed by atoms with Crippen LogP contribution in [0.15, 0.2) is 54.6 Å². The van der Waals surface area contributed by atoms with E-state index in [1.165, 1.54) is 0 Å². The Balaban J connectivity index is 1.57. The Bertz CT molecular complexity index is 1770. The lowest BCUT2D eigenvalue weighted by atomic mass is 10.0. The van der Waals surface area contributed by atoms with Crippen molar-refractivity contribution in [1.29, 1.82) is 0 Å². The largest absolute Gasteiger partial charge is 0.573 e. The van der Waals surface area contributed by atoms with Gasteiger partial charge in [-0.25, -0.2) is 30.7 Å². The van der Waals surface area contributed by atoms with E-state index in [0.29, 0.717) is 43.2 Å². The van der Waals surface area contributed by atoms with Gasteiger partial charge in [0.25, 0.3) is 0 Å². The number of ether oxygens (including phenoxy) is 2. The van der Waals surface area contributed by atoms with Gasteiger partial charge in [-0.3, -0.25) is 0 Å². The van der Waals surface area contributed by atoms with Crippen LogP contribution in [-0.2, 0) is 12.5 Å². The van der Waals surface area contributed by atoms with Crippen molar-refractivity contribution in [2.45, 2.75) is 38.7 Å². The highest BCUT2D eigenvalue weighted by Gasteiger charge is 2.41. The van der Waals surface area contributed by atoms with Gasteiger partial charge in [0.1, 0.15) is 40.4 Å². The van der Waals surface area contributed by atoms with Gasteiger partial charge in [0.2, 0.25) is 5.75 Å². The normalized spacial score (nSPS) is 11.7. The molecule has 0 atom stereocenters. The zero-order valence-corrected chi connectivity index (χ0v) is 23.2. The molecule has 0 aliphatic carbocycles. The van der Waals surface area contributed by atoms with Gasteiger partial charge in [0.15, 0.2) is 11.6 Å². The third kappa shape index (κ3) is 7.88. The van der Waals surface area contributed by atoms with Crippen molar-refractivity contribution in [2.24, 2.45) is 0 Å². The first-order chi connectivity index (χ1) is 21.5. The van der Waals surface area contributed by atoms with Gasteiger partial charge in [0, 0.05) is 17.2 Å². The second kappa shape index (κ2) is 13.3. The summed E-state index contributed by atoms with van der Waals surface area (Å²) in [6.07, 6.45) is -8.48. The van der Waals surface area contributed by atoms with Gasteiger partial charge in [-0.2, -0.15) is 8.78 Å². The van der Waals surface area contributed by atoms with Gasteiger partial charge >= 0.3 is 12.5 Å². The Labute approximate surface area is 253 Å². The number of halogens is 12. The maximum absolute atomic E-state index is 14.9. The van der Waals surface area contributed by atoms with E-state index in [4.69, 9.17) is 0 Å². The predicted molar refractivity (Wildman–Crippen MR) is 140 cm³/mol. The molecule has 0 fully saturated rings. The molecule has 242 valence electrons. The molecule has 0 spiro atoms. The number of hydrogen-bond acceptors (Lipinski definition) is 2. The van der Waals surface area contributed by atoms with E-state index in [1.807, 2.05) is 18.8 Å². The van der Waals surface area contributed by atoms with Crippen LogP contribution in [0.5, 0.6) is 11.5 Å². The fraction of sp³-hybridized carbons (Fsp3) is 0.188. The van der Waals surface area contributed by atoms with Crippen LogP contribution in [0.25, 0.3) is 11.1 Å². The highest BCUT2D eigenvalue weighted by Crippen LogP contribution is 2.37. The quantitative estimate of drug-likeness (QED) is 0.138. The van der Waals surface area contributed by atoms with E-state index in [0.717, 1.165) is 24.3 Å². The van der Waals surface area contributed by atoms with Crippen molar-refractivity contribution in [3.63, 3.8) is 0 Å². The Kier molecular flexibility index (Phi) is 9.84. The third-order valence-corrected chi connectivity index (χ3v) is 6.30. The Morgan fingerprint density at radius 1 is 0.630 bits per heavy atom. The molecular weight excluding hydrogens is 644 g/mol. The molecule has 0 N–H and O–H groups in total. The van der Waals surface area contributed by atoms with E-state index in [-0.39, 0.29) is 12.0 Å². The molecule has 0 amide bonds. The fourth-order valence-corrected chi connectivity index (χ4v) is 4.25. The van der Waals surface area contributed by atoms with Crippen molar-refractivity contribution in [2.75, 3.05) is 0 Å². The molecule has 0 heterocycles. The van der Waals surface area contributed by atoms with Gasteiger partial charge in [-0.05, 0) is 72.5 Å². The lowest BCUT2D eigenvalue weighted by Crippen LogP contribution is -2.25. The minimum absolute atomic E-state index is 0.152. The molecule has 14 heteroatoms. The molecule has 2 nitrogen and oxygen atoms in total. The van der Waals surface area contributed by atoms with Crippen molar-refractivity contribution in [1.82, 2.24) is 0 Å². The average Bonchev–Trinajstić information content (AvgIpc) is 2.92. The minimum Gasteiger partial charge on any atom is -0.429 e. The molecule has 0 saturated carbocycles. The minimum atomic E-state index is -5.40. The van der Waals surface area contributed by atoms with Crippen LogP contribution >= 0.6 is 0 Å². The number of alkyl halides is 5. The van der Waals surface area contributed by atoms with Gasteiger partial charge in [-0.1, -0.05) is 25.2 Å². The molecule has 4 rings (SSSR count). The summed E-state index contributed by atoms with van der Waals surface area (Å²) in [5.41, 5.74) is -4.10. The van der Waals surface area contributed by atoms with Gasteiger partial charge < -0.3 is 9.47 Å². The summed E-state index contributed by atoms with van der Waals surface area (Å²) in [5.74, 6) is -9.61. The number of hydrogen-bond donors (Lipinski definition) is 0. The summed E-state index contributed by atoms with van der Waals surface area (Å²) < 4.78 is 175. The van der Waals surface area contributed by atoms with E-state index in [9.17, 15) is 52.7 Å². The molecule has 46 heavy (non-hydrogen) atoms. The van der Waals surface area contributed by atoms with Gasteiger partial charge in [-0.15, -0.1) is 13.2 Å². The maximum Gasteiger partial charge on any atom is 0.573 e. The molecule has 4 aromatic carbocycles. The standard InChI is InChI=1S/C32H18F12O2/c1-2-3-4-16-9-25(36)29(26(37)10-16)31(40,41)45-19-6-8-20(24(35)15-19)18-13-22(33)21(23(34)14-18)7-5-17-11-27(38)30(28(39)12-17)46-32(42,43)44/h6,8-15H,2-4H2,1H3. The molecular formula is C32H18F12O2. The Hall–Kier alpha value is -4.80. The van der Waals surface area contributed by atoms with Crippen molar-refractivity contribution in [3.8, 4) is 34.5 Å². The second-order valence-electron chi connectivity index (χ2n) is 9.68. The smallest absolute Gasteiger partial charge is 0.429 e. The van der Waals surface area contributed by atoms with E-state index >= 15 is 0 Å². The fourth-order valence-electron chi connectivity index (χ4n) is 4.25. The van der Waals surface area contributed by atoms with Crippen LogP contribution < -0.4 is 9.47 Å². The SMILES string of the molecule is CCCCc1cc(F)c(C(F)(F)Oc2ccc(-c3cc(F)c(C#Cc4cc(F)c(OC(F)(F)F)c(F)c4)c(F)c3)c(F)c2)c(F)c1. The number of benzene rings is 4. The Morgan fingerprint density at radius 2 is 1.22 bits per heavy atom. The second-order valence-corrected chi connectivity index (χ2v) is 9.68. The number of unbranched alkanes of at least 4 members (excludes halogenated alkanes) is 1. The lowest BCUT2D eigenvalue weighted by Gasteiger charge is -2.20. The zero-order valence-electron chi connectivity index (χ0n) is 23.2. The van der Waals surface area contributed by atoms with E-state index < -0.39 is 92.5 Å². The van der Waals surface area contributed by atoms with Crippen molar-refractivity contribution in [3.05, 3.63) is 118 Å². The first kappa shape index (κ1) is 34.1. The summed E-state index contributed by atoms with van der Waals surface area (Å²) in [4.78, 5) is 0. The molecule has 0 aliphatic rings. The molecule has 4 aromatic rings. The molecule has 0 aromatic heterocycles. The number of rotatable bonds is 8.